The minimum atomic E-state index is -4.08. The van der Waals surface area contributed by atoms with Gasteiger partial charge >= 0.3 is 15.9 Å². The van der Waals surface area contributed by atoms with Crippen LogP contribution < -0.4 is 31.9 Å². The summed E-state index contributed by atoms with van der Waals surface area (Å²) in [7, 11) is -0.909. The van der Waals surface area contributed by atoms with Crippen molar-refractivity contribution >= 4 is 77.9 Å². The first-order valence-corrected chi connectivity index (χ1v) is 24.9. The number of carbonyl (C=O) groups excluding carboxylic acids is 4. The van der Waals surface area contributed by atoms with Crippen LogP contribution in [0.1, 0.15) is 67.9 Å². The number of thiazole rings is 1. The van der Waals surface area contributed by atoms with Crippen LogP contribution in [-0.2, 0) is 42.8 Å². The number of nitrogens with zero attached hydrogens (tertiary/aromatic N) is 6. The van der Waals surface area contributed by atoms with E-state index in [1.54, 1.807) is 36.7 Å². The Morgan fingerprint density at radius 2 is 1.74 bits per heavy atom. The molecule has 0 spiro atoms. The van der Waals surface area contributed by atoms with E-state index in [-0.39, 0.29) is 53.9 Å². The Hall–Kier alpha value is -6.26. The minimum absolute atomic E-state index is 0.00393. The Balaban J connectivity index is 0.794. The van der Waals surface area contributed by atoms with Crippen LogP contribution in [0.4, 0.5) is 15.2 Å². The molecule has 3 aromatic heterocycles. The normalized spacial score (nSPS) is 17.9. The molecule has 68 heavy (non-hydrogen) atoms. The Bertz CT molecular complexity index is 3040. The predicted molar refractivity (Wildman–Crippen MR) is 259 cm³/mol. The number of para-hydroxylation sites is 1. The zero-order chi connectivity index (χ0) is 48.3. The van der Waals surface area contributed by atoms with Crippen molar-refractivity contribution in [3.63, 3.8) is 0 Å². The Morgan fingerprint density at radius 3 is 2.51 bits per heavy atom. The number of nitrogens with one attached hydrogen (secondary N) is 4. The lowest BCUT2D eigenvalue weighted by Gasteiger charge is -2.37. The molecule has 2 saturated heterocycles. The molecule has 4 N–H and O–H groups in total. The van der Waals surface area contributed by atoms with Crippen molar-refractivity contribution in [1.82, 2.24) is 38.3 Å². The van der Waals surface area contributed by atoms with Crippen molar-refractivity contribution in [2.24, 2.45) is 7.05 Å². The van der Waals surface area contributed by atoms with Gasteiger partial charge in [-0.05, 0) is 101 Å². The standard InChI is InChI=1S/C47H55FN10O8S2/c1-29-25-56(26-30(2)66-29)34-22-32(21-33(48)23-34)37-28-67-46(51-37)53-43(60)24-50-44(61)36-27-57(38-12-6-5-11-35(36)38)68(64,65)54(3)19-8-7-17-49-18-9-10-31-13-14-39-41(20-31)55(4)47(63)58(39)40-15-16-42(59)52-45(40)62/h5-6,11-14,20-23,27-30,40,49H,7-10,15-19,24-26H2,1-4H3,(H,50,61)(H,51,53,60)(H,52,59,62)/t29-,30+,40?. The zero-order valence-electron chi connectivity index (χ0n) is 38.3. The molecule has 1 unspecified atom stereocenters. The number of carbonyl (C=O) groups is 4. The number of aryl methyl sites for hydroxylation is 2. The highest BCUT2D eigenvalue weighted by molar-refractivity contribution is 7.87. The second-order valence-electron chi connectivity index (χ2n) is 17.4. The number of halogens is 1. The molecule has 360 valence electrons. The number of fused-ring (bicyclic) bond motifs is 2. The van der Waals surface area contributed by atoms with Crippen LogP contribution in [0.2, 0.25) is 0 Å². The number of rotatable bonds is 18. The second kappa shape index (κ2) is 20.5. The third-order valence-electron chi connectivity index (χ3n) is 12.3. The van der Waals surface area contributed by atoms with E-state index in [1.807, 2.05) is 38.1 Å². The average Bonchev–Trinajstić information content (AvgIpc) is 4.01. The van der Waals surface area contributed by atoms with Crippen LogP contribution >= 0.6 is 11.3 Å². The molecule has 8 rings (SSSR count). The lowest BCUT2D eigenvalue weighted by molar-refractivity contribution is -0.135. The smallest absolute Gasteiger partial charge is 0.329 e. The van der Waals surface area contributed by atoms with Crippen molar-refractivity contribution in [3.8, 4) is 11.3 Å². The lowest BCUT2D eigenvalue weighted by atomic mass is 10.1. The topological polar surface area (TPSA) is 211 Å². The fourth-order valence-corrected chi connectivity index (χ4v) is 10.9. The maximum Gasteiger partial charge on any atom is 0.329 e. The SMILES string of the molecule is C[C@@H]1CN(c2cc(F)cc(-c3csc(NC(=O)CNC(=O)c4cn(S(=O)(=O)N(C)CCCCNCCCc5ccc6c(c5)n(C)c(=O)n6C5CCC(=O)NC5=O)c5ccccc45)n3)c2)C[C@H](C)O1. The quantitative estimate of drug-likeness (QED) is 0.0694. The van der Waals surface area contributed by atoms with E-state index < -0.39 is 46.3 Å². The number of hydrogen-bond acceptors (Lipinski definition) is 12. The predicted octanol–water partition coefficient (Wildman–Crippen LogP) is 4.54. The van der Waals surface area contributed by atoms with Crippen molar-refractivity contribution < 1.29 is 36.7 Å². The van der Waals surface area contributed by atoms with E-state index in [0.29, 0.717) is 71.4 Å². The number of morpholine rings is 1. The highest BCUT2D eigenvalue weighted by Crippen LogP contribution is 2.31. The van der Waals surface area contributed by atoms with Gasteiger partial charge < -0.3 is 25.6 Å². The molecule has 21 heteroatoms. The Morgan fingerprint density at radius 1 is 0.971 bits per heavy atom. The summed E-state index contributed by atoms with van der Waals surface area (Å²) in [4.78, 5) is 70.3. The number of hydrogen-bond donors (Lipinski definition) is 4. The number of imide groups is 1. The molecule has 0 saturated carbocycles. The van der Waals surface area contributed by atoms with Gasteiger partial charge in [0.2, 0.25) is 17.7 Å². The number of amides is 4. The summed E-state index contributed by atoms with van der Waals surface area (Å²) in [6, 6.07) is 16.4. The molecule has 0 radical (unpaired) electrons. The van der Waals surface area contributed by atoms with Gasteiger partial charge in [0.1, 0.15) is 11.9 Å². The van der Waals surface area contributed by atoms with Gasteiger partial charge in [-0.25, -0.2) is 18.1 Å². The van der Waals surface area contributed by atoms with Gasteiger partial charge in [0.05, 0.1) is 46.6 Å². The summed E-state index contributed by atoms with van der Waals surface area (Å²) in [6.45, 7) is 6.42. The molecule has 2 aliphatic heterocycles. The van der Waals surface area contributed by atoms with Crippen LogP contribution in [0, 0.1) is 5.82 Å². The monoisotopic (exact) mass is 970 g/mol. The van der Waals surface area contributed by atoms with Crippen LogP contribution in [0.25, 0.3) is 33.2 Å². The van der Waals surface area contributed by atoms with Gasteiger partial charge in [0.15, 0.2) is 5.13 Å². The van der Waals surface area contributed by atoms with Crippen LogP contribution in [0.15, 0.2) is 77.0 Å². The largest absolute Gasteiger partial charge is 0.372 e. The average molecular weight is 971 g/mol. The van der Waals surface area contributed by atoms with Crippen molar-refractivity contribution in [1.29, 1.82) is 0 Å². The Kier molecular flexibility index (Phi) is 14.6. The summed E-state index contributed by atoms with van der Waals surface area (Å²) in [5.74, 6) is -2.39. The van der Waals surface area contributed by atoms with E-state index in [2.05, 4.69) is 31.2 Å². The lowest BCUT2D eigenvalue weighted by Crippen LogP contribution is -2.45. The van der Waals surface area contributed by atoms with E-state index in [1.165, 1.54) is 38.8 Å². The van der Waals surface area contributed by atoms with Gasteiger partial charge in [-0.1, -0.05) is 24.3 Å². The number of aromatic nitrogens is 4. The van der Waals surface area contributed by atoms with Gasteiger partial charge in [0.25, 0.3) is 5.91 Å². The van der Waals surface area contributed by atoms with Crippen LogP contribution in [0.5, 0.6) is 0 Å². The van der Waals surface area contributed by atoms with Gasteiger partial charge in [-0.2, -0.15) is 12.7 Å². The molecule has 2 fully saturated rings. The molecule has 6 aromatic rings. The maximum absolute atomic E-state index is 14.8. The maximum atomic E-state index is 14.8. The van der Waals surface area contributed by atoms with Crippen LogP contribution in [-0.4, -0.2) is 113 Å². The molecule has 18 nitrogen and oxygen atoms in total. The van der Waals surface area contributed by atoms with E-state index >= 15 is 0 Å². The molecule has 3 atom stereocenters. The van der Waals surface area contributed by atoms with E-state index in [9.17, 15) is 36.8 Å². The fourth-order valence-electron chi connectivity index (χ4n) is 8.88. The number of piperidine rings is 1. The van der Waals surface area contributed by atoms with Crippen LogP contribution in [0.3, 0.4) is 0 Å². The number of imidazole rings is 1. The molecule has 3 aromatic carbocycles. The van der Waals surface area contributed by atoms with E-state index in [0.717, 1.165) is 40.3 Å². The van der Waals surface area contributed by atoms with Crippen molar-refractivity contribution in [3.05, 3.63) is 99.7 Å². The molecule has 0 bridgehead atoms. The fraction of sp³-hybridized carbons (Fsp3) is 0.404. The summed E-state index contributed by atoms with van der Waals surface area (Å²) in [5.41, 5.74) is 4.25. The molecule has 2 aliphatic rings. The van der Waals surface area contributed by atoms with Gasteiger partial charge in [0, 0.05) is 68.4 Å². The van der Waals surface area contributed by atoms with Gasteiger partial charge in [-0.15, -0.1) is 11.3 Å². The number of ether oxygens (including phenoxy) is 1. The minimum Gasteiger partial charge on any atom is -0.372 e. The van der Waals surface area contributed by atoms with Crippen molar-refractivity contribution in [2.75, 3.05) is 56.5 Å². The first kappa shape index (κ1) is 48.2. The second-order valence-corrected chi connectivity index (χ2v) is 20.1. The molecule has 5 heterocycles. The Labute approximate surface area is 396 Å². The first-order chi connectivity index (χ1) is 32.6. The molecular formula is C47H55FN10O8S2. The molecular weight excluding hydrogens is 916 g/mol. The third-order valence-corrected chi connectivity index (χ3v) is 14.8. The summed E-state index contributed by atoms with van der Waals surface area (Å²) in [5, 5.41) is 13.4. The molecule has 0 aliphatic carbocycles. The highest BCUT2D eigenvalue weighted by atomic mass is 32.2. The summed E-state index contributed by atoms with van der Waals surface area (Å²) in [6.07, 6.45) is 4.59. The number of anilines is 2. The number of benzene rings is 3. The summed E-state index contributed by atoms with van der Waals surface area (Å²) < 4.78 is 53.7. The van der Waals surface area contributed by atoms with Crippen molar-refractivity contribution in [2.45, 2.75) is 70.6 Å². The zero-order valence-corrected chi connectivity index (χ0v) is 39.9. The molecule has 4 amide bonds. The van der Waals surface area contributed by atoms with E-state index in [4.69, 9.17) is 4.74 Å². The number of unbranched alkanes of at least 4 members (excludes halogenated alkanes) is 1. The highest BCUT2D eigenvalue weighted by Gasteiger charge is 2.32. The summed E-state index contributed by atoms with van der Waals surface area (Å²) >= 11 is 1.16. The third kappa shape index (κ3) is 10.6. The van der Waals surface area contributed by atoms with Gasteiger partial charge in [-0.3, -0.25) is 33.6 Å². The first-order valence-electron chi connectivity index (χ1n) is 22.6.